The number of hydrogen-bond donors (Lipinski definition) is 1. The van der Waals surface area contributed by atoms with Gasteiger partial charge in [0, 0.05) is 12.1 Å². The fourth-order valence-corrected chi connectivity index (χ4v) is 5.59. The molecule has 0 fully saturated rings. The van der Waals surface area contributed by atoms with E-state index in [9.17, 15) is 23.3 Å². The summed E-state index contributed by atoms with van der Waals surface area (Å²) in [5, 5.41) is 14.1. The molecule has 0 heterocycles. The number of hydrogen-bond acceptors (Lipinski definition) is 5. The maximum atomic E-state index is 13.4. The largest absolute Gasteiger partial charge is 0.348 e. The highest BCUT2D eigenvalue weighted by Gasteiger charge is 2.28. The highest BCUT2D eigenvalue weighted by molar-refractivity contribution is 7.92. The van der Waals surface area contributed by atoms with E-state index in [0.29, 0.717) is 0 Å². The quantitative estimate of drug-likeness (QED) is 0.385. The van der Waals surface area contributed by atoms with Gasteiger partial charge in [0.25, 0.3) is 15.7 Å². The van der Waals surface area contributed by atoms with Crippen LogP contribution in [0.1, 0.15) is 36.1 Å². The fourth-order valence-electron chi connectivity index (χ4n) is 4.16. The summed E-state index contributed by atoms with van der Waals surface area (Å²) in [4.78, 5) is 23.6. The van der Waals surface area contributed by atoms with E-state index in [2.05, 4.69) is 17.4 Å². The molecule has 176 valence electrons. The average molecular weight is 480 g/mol. The van der Waals surface area contributed by atoms with E-state index in [1.54, 1.807) is 18.2 Å². The molecule has 1 aliphatic carbocycles. The maximum Gasteiger partial charge on any atom is 0.271 e. The molecule has 1 N–H and O–H groups in total. The molecule has 3 aromatic carbocycles. The van der Waals surface area contributed by atoms with Crippen molar-refractivity contribution in [2.24, 2.45) is 0 Å². The van der Waals surface area contributed by atoms with E-state index >= 15 is 0 Å². The third-order valence-electron chi connectivity index (χ3n) is 5.95. The Morgan fingerprint density at radius 1 is 1.03 bits per heavy atom. The van der Waals surface area contributed by atoms with Gasteiger partial charge in [-0.2, -0.15) is 0 Å². The van der Waals surface area contributed by atoms with Crippen molar-refractivity contribution in [1.82, 2.24) is 5.32 Å². The van der Waals surface area contributed by atoms with Gasteiger partial charge in [-0.05, 0) is 61.1 Å². The second-order valence-electron chi connectivity index (χ2n) is 8.27. The molecule has 0 saturated heterocycles. The zero-order chi connectivity index (χ0) is 24.3. The standard InChI is InChI=1S/C25H25N3O5S/c1-18(20-14-13-19-7-5-8-21(19)15-20)26-25(29)17-27(22-9-6-10-23(16-22)28(30)31)34(32,33)24-11-3-2-4-12-24/h2-4,6,9-16,18H,5,7-8,17H2,1H3,(H,26,29). The number of nitro benzene ring substituents is 1. The van der Waals surface area contributed by atoms with Crippen LogP contribution >= 0.6 is 0 Å². The number of rotatable bonds is 8. The highest BCUT2D eigenvalue weighted by Crippen LogP contribution is 2.28. The zero-order valence-corrected chi connectivity index (χ0v) is 19.5. The molecule has 34 heavy (non-hydrogen) atoms. The van der Waals surface area contributed by atoms with Crippen LogP contribution in [0.4, 0.5) is 11.4 Å². The van der Waals surface area contributed by atoms with Gasteiger partial charge in [0.15, 0.2) is 0 Å². The number of nitrogens with zero attached hydrogens (tertiary/aromatic N) is 2. The van der Waals surface area contributed by atoms with E-state index in [-0.39, 0.29) is 22.3 Å². The predicted octanol–water partition coefficient (Wildman–Crippen LogP) is 4.16. The molecule has 0 aromatic heterocycles. The molecule has 1 atom stereocenters. The summed E-state index contributed by atoms with van der Waals surface area (Å²) >= 11 is 0. The number of aryl methyl sites for hydroxylation is 2. The molecule has 0 spiro atoms. The number of sulfonamides is 1. The summed E-state index contributed by atoms with van der Waals surface area (Å²) in [6.45, 7) is 1.33. The van der Waals surface area contributed by atoms with Crippen LogP contribution in [0.25, 0.3) is 0 Å². The van der Waals surface area contributed by atoms with Crippen molar-refractivity contribution < 1.29 is 18.1 Å². The molecule has 1 amide bonds. The number of fused-ring (bicyclic) bond motifs is 1. The molecule has 3 aromatic rings. The Balaban J connectivity index is 1.61. The SMILES string of the molecule is CC(NC(=O)CN(c1cccc([N+](=O)[O-])c1)S(=O)(=O)c1ccccc1)c1ccc2c(c1)CCC2. The lowest BCUT2D eigenvalue weighted by atomic mass is 10.0. The lowest BCUT2D eigenvalue weighted by Gasteiger charge is -2.25. The zero-order valence-electron chi connectivity index (χ0n) is 18.7. The van der Waals surface area contributed by atoms with Gasteiger partial charge in [-0.15, -0.1) is 0 Å². The Bertz CT molecular complexity index is 1330. The van der Waals surface area contributed by atoms with Crippen LogP contribution < -0.4 is 9.62 Å². The molecule has 8 nitrogen and oxygen atoms in total. The first-order valence-electron chi connectivity index (χ1n) is 11.0. The summed E-state index contributed by atoms with van der Waals surface area (Å²) in [6, 6.07) is 18.8. The van der Waals surface area contributed by atoms with Crippen molar-refractivity contribution in [3.05, 3.63) is 99.6 Å². The van der Waals surface area contributed by atoms with Gasteiger partial charge in [0.2, 0.25) is 5.91 Å². The highest BCUT2D eigenvalue weighted by atomic mass is 32.2. The minimum Gasteiger partial charge on any atom is -0.348 e. The first-order valence-corrected chi connectivity index (χ1v) is 12.4. The Hall–Kier alpha value is -3.72. The second kappa shape index (κ2) is 9.64. The summed E-state index contributed by atoms with van der Waals surface area (Å²) in [5.74, 6) is -0.515. The van der Waals surface area contributed by atoms with Gasteiger partial charge in [-0.3, -0.25) is 19.2 Å². The normalized spacial score (nSPS) is 13.7. The summed E-state index contributed by atoms with van der Waals surface area (Å²) in [7, 11) is -4.15. The molecular weight excluding hydrogens is 454 g/mol. The molecule has 0 radical (unpaired) electrons. The molecule has 1 aliphatic rings. The minimum atomic E-state index is -4.15. The van der Waals surface area contributed by atoms with E-state index < -0.39 is 27.4 Å². The Kier molecular flexibility index (Phi) is 6.65. The van der Waals surface area contributed by atoms with Crippen molar-refractivity contribution in [1.29, 1.82) is 0 Å². The van der Waals surface area contributed by atoms with Crippen LogP contribution in [0.3, 0.4) is 0 Å². The summed E-state index contributed by atoms with van der Waals surface area (Å²) in [5.41, 5.74) is 3.33. The van der Waals surface area contributed by atoms with Gasteiger partial charge in [-0.25, -0.2) is 8.42 Å². The van der Waals surface area contributed by atoms with E-state index in [0.717, 1.165) is 35.2 Å². The first-order chi connectivity index (χ1) is 16.3. The van der Waals surface area contributed by atoms with Crippen molar-refractivity contribution in [2.75, 3.05) is 10.8 Å². The predicted molar refractivity (Wildman–Crippen MR) is 129 cm³/mol. The summed E-state index contributed by atoms with van der Waals surface area (Å²) in [6.07, 6.45) is 3.20. The first kappa shape index (κ1) is 23.4. The smallest absolute Gasteiger partial charge is 0.271 e. The number of benzene rings is 3. The number of nitrogens with one attached hydrogen (secondary N) is 1. The lowest BCUT2D eigenvalue weighted by molar-refractivity contribution is -0.384. The lowest BCUT2D eigenvalue weighted by Crippen LogP contribution is -2.41. The van der Waals surface area contributed by atoms with E-state index in [1.165, 1.54) is 41.5 Å². The molecule has 0 aliphatic heterocycles. The average Bonchev–Trinajstić information content (AvgIpc) is 3.31. The Labute approximate surface area is 198 Å². The van der Waals surface area contributed by atoms with Gasteiger partial charge < -0.3 is 5.32 Å². The number of anilines is 1. The molecule has 1 unspecified atom stereocenters. The van der Waals surface area contributed by atoms with Crippen LogP contribution in [0.2, 0.25) is 0 Å². The van der Waals surface area contributed by atoms with Gasteiger partial charge >= 0.3 is 0 Å². The topological polar surface area (TPSA) is 110 Å². The monoisotopic (exact) mass is 479 g/mol. The number of nitro groups is 1. The van der Waals surface area contributed by atoms with Gasteiger partial charge in [-0.1, -0.05) is 42.5 Å². The van der Waals surface area contributed by atoms with Crippen molar-refractivity contribution in [2.45, 2.75) is 37.1 Å². The van der Waals surface area contributed by atoms with Crippen molar-refractivity contribution >= 4 is 27.3 Å². The maximum absolute atomic E-state index is 13.4. The number of amides is 1. The molecule has 0 saturated carbocycles. The fraction of sp³-hybridized carbons (Fsp3) is 0.240. The van der Waals surface area contributed by atoms with Crippen LogP contribution in [0.5, 0.6) is 0 Å². The van der Waals surface area contributed by atoms with Gasteiger partial charge in [0.1, 0.15) is 6.54 Å². The molecule has 0 bridgehead atoms. The van der Waals surface area contributed by atoms with Crippen LogP contribution in [0.15, 0.2) is 77.7 Å². The van der Waals surface area contributed by atoms with E-state index in [1.807, 2.05) is 13.0 Å². The second-order valence-corrected chi connectivity index (χ2v) is 10.1. The van der Waals surface area contributed by atoms with E-state index in [4.69, 9.17) is 0 Å². The summed E-state index contributed by atoms with van der Waals surface area (Å²) < 4.78 is 27.7. The molecule has 9 heteroatoms. The Morgan fingerprint density at radius 2 is 1.76 bits per heavy atom. The Morgan fingerprint density at radius 3 is 2.50 bits per heavy atom. The van der Waals surface area contributed by atoms with Gasteiger partial charge in [0.05, 0.1) is 21.5 Å². The third-order valence-corrected chi connectivity index (χ3v) is 7.74. The number of carbonyl (C=O) groups excluding carboxylic acids is 1. The van der Waals surface area contributed by atoms with Crippen LogP contribution in [-0.4, -0.2) is 25.8 Å². The third kappa shape index (κ3) is 4.94. The van der Waals surface area contributed by atoms with Crippen LogP contribution in [-0.2, 0) is 27.7 Å². The van der Waals surface area contributed by atoms with Crippen molar-refractivity contribution in [3.63, 3.8) is 0 Å². The van der Waals surface area contributed by atoms with Crippen LogP contribution in [0, 0.1) is 10.1 Å². The molecular formula is C25H25N3O5S. The number of non-ortho nitro benzene ring substituents is 1. The molecule has 4 rings (SSSR count). The minimum absolute atomic E-state index is 0.0130. The number of carbonyl (C=O) groups is 1. The van der Waals surface area contributed by atoms with Crippen molar-refractivity contribution in [3.8, 4) is 0 Å².